The van der Waals surface area contributed by atoms with Gasteiger partial charge in [-0.2, -0.15) is 5.10 Å². The highest BCUT2D eigenvalue weighted by Gasteiger charge is 2.18. The van der Waals surface area contributed by atoms with Gasteiger partial charge in [-0.25, -0.2) is 9.48 Å². The second-order valence-corrected chi connectivity index (χ2v) is 7.37. The number of aryl methyl sites for hydroxylation is 1. The van der Waals surface area contributed by atoms with Crippen LogP contribution in [0.3, 0.4) is 0 Å². The summed E-state index contributed by atoms with van der Waals surface area (Å²) in [7, 11) is 0. The number of urea groups is 1. The summed E-state index contributed by atoms with van der Waals surface area (Å²) in [6.07, 6.45) is 3.95. The average molecular weight is 450 g/mol. The van der Waals surface area contributed by atoms with Gasteiger partial charge in [-0.1, -0.05) is 30.3 Å². The molecule has 0 fully saturated rings. The van der Waals surface area contributed by atoms with Gasteiger partial charge in [0.2, 0.25) is 0 Å². The van der Waals surface area contributed by atoms with Crippen LogP contribution >= 0.6 is 15.9 Å². The number of hydrogen-bond donors (Lipinski definition) is 2. The lowest BCUT2D eigenvalue weighted by Crippen LogP contribution is -2.29. The van der Waals surface area contributed by atoms with Crippen LogP contribution in [-0.2, 0) is 6.54 Å². The second-order valence-electron chi connectivity index (χ2n) is 6.51. The summed E-state index contributed by atoms with van der Waals surface area (Å²) in [6.45, 7) is 2.30. The number of nitrogens with one attached hydrogen (secondary N) is 2. The molecule has 7 heteroatoms. The number of amides is 2. The maximum absolute atomic E-state index is 12.4. The number of rotatable bonds is 5. The van der Waals surface area contributed by atoms with Crippen molar-refractivity contribution < 1.29 is 4.79 Å². The van der Waals surface area contributed by atoms with Gasteiger partial charge < -0.3 is 15.2 Å². The van der Waals surface area contributed by atoms with Crippen molar-refractivity contribution in [1.29, 1.82) is 0 Å². The van der Waals surface area contributed by atoms with E-state index in [4.69, 9.17) is 5.10 Å². The smallest absolute Gasteiger partial charge is 0.319 e. The average Bonchev–Trinajstić information content (AvgIpc) is 3.36. The Bertz CT molecular complexity index is 1120. The zero-order chi connectivity index (χ0) is 20.2. The molecule has 2 amide bonds. The number of carbonyl (C=O) groups excluding carboxylic acids is 1. The third-order valence-corrected chi connectivity index (χ3v) is 5.25. The molecule has 2 heterocycles. The number of benzene rings is 2. The highest BCUT2D eigenvalue weighted by molar-refractivity contribution is 9.10. The van der Waals surface area contributed by atoms with E-state index in [2.05, 4.69) is 26.6 Å². The quantitative estimate of drug-likeness (QED) is 0.447. The molecule has 6 nitrogen and oxygen atoms in total. The molecule has 0 bridgehead atoms. The van der Waals surface area contributed by atoms with Gasteiger partial charge in [0.05, 0.1) is 23.6 Å². The zero-order valence-corrected chi connectivity index (χ0v) is 17.4. The molecule has 4 rings (SSSR count). The molecule has 0 aliphatic rings. The third-order valence-electron chi connectivity index (χ3n) is 4.55. The van der Waals surface area contributed by atoms with E-state index in [1.54, 1.807) is 0 Å². The highest BCUT2D eigenvalue weighted by atomic mass is 79.9. The van der Waals surface area contributed by atoms with E-state index in [-0.39, 0.29) is 6.03 Å². The summed E-state index contributed by atoms with van der Waals surface area (Å²) in [5, 5.41) is 10.5. The van der Waals surface area contributed by atoms with Crippen LogP contribution in [0.1, 0.15) is 11.3 Å². The van der Waals surface area contributed by atoms with Crippen molar-refractivity contribution in [2.75, 3.05) is 5.32 Å². The summed E-state index contributed by atoms with van der Waals surface area (Å²) >= 11 is 3.44. The van der Waals surface area contributed by atoms with E-state index in [1.165, 1.54) is 0 Å². The van der Waals surface area contributed by atoms with E-state index >= 15 is 0 Å². The Kier molecular flexibility index (Phi) is 5.48. The van der Waals surface area contributed by atoms with Gasteiger partial charge >= 0.3 is 6.03 Å². The first-order valence-corrected chi connectivity index (χ1v) is 9.99. The van der Waals surface area contributed by atoms with Crippen LogP contribution in [0.5, 0.6) is 0 Å². The lowest BCUT2D eigenvalue weighted by atomic mass is 10.2. The number of anilines is 1. The fraction of sp³-hybridized carbons (Fsp3) is 0.0909. The van der Waals surface area contributed by atoms with E-state index in [9.17, 15) is 4.79 Å². The lowest BCUT2D eigenvalue weighted by Gasteiger charge is -2.12. The topological polar surface area (TPSA) is 63.9 Å². The molecule has 0 spiro atoms. The van der Waals surface area contributed by atoms with Crippen molar-refractivity contribution in [3.8, 4) is 11.5 Å². The summed E-state index contributed by atoms with van der Waals surface area (Å²) in [5.41, 5.74) is 3.49. The molecule has 0 saturated heterocycles. The van der Waals surface area contributed by atoms with Crippen molar-refractivity contribution in [2.24, 2.45) is 0 Å². The number of halogens is 1. The number of para-hydroxylation sites is 2. The van der Waals surface area contributed by atoms with Crippen LogP contribution in [0.2, 0.25) is 0 Å². The van der Waals surface area contributed by atoms with Crippen LogP contribution in [0.15, 0.2) is 83.6 Å². The van der Waals surface area contributed by atoms with Gasteiger partial charge in [0, 0.05) is 22.4 Å². The van der Waals surface area contributed by atoms with Crippen molar-refractivity contribution in [3.05, 3.63) is 94.9 Å². The number of aromatic nitrogens is 3. The van der Waals surface area contributed by atoms with Crippen LogP contribution in [0.25, 0.3) is 11.5 Å². The highest BCUT2D eigenvalue weighted by Crippen LogP contribution is 2.24. The van der Waals surface area contributed by atoms with Gasteiger partial charge in [0.1, 0.15) is 5.82 Å². The summed E-state index contributed by atoms with van der Waals surface area (Å²) in [4.78, 5) is 12.4. The van der Waals surface area contributed by atoms with Crippen molar-refractivity contribution >= 4 is 27.6 Å². The first-order valence-electron chi connectivity index (χ1n) is 9.20. The molecule has 146 valence electrons. The molecule has 0 atom stereocenters. The monoisotopic (exact) mass is 449 g/mol. The molecule has 0 saturated carbocycles. The fourth-order valence-electron chi connectivity index (χ4n) is 3.14. The molecule has 2 aromatic heterocycles. The Hall–Kier alpha value is -3.32. The summed E-state index contributed by atoms with van der Waals surface area (Å²) in [6, 6.07) is 21.1. The number of nitrogens with zero attached hydrogens (tertiary/aromatic N) is 3. The van der Waals surface area contributed by atoms with Crippen molar-refractivity contribution in [3.63, 3.8) is 0 Å². The van der Waals surface area contributed by atoms with Gasteiger partial charge in [0.15, 0.2) is 0 Å². The molecule has 0 aliphatic heterocycles. The van der Waals surface area contributed by atoms with Crippen molar-refractivity contribution in [2.45, 2.75) is 13.5 Å². The SMILES string of the molecule is Cc1nn(-c2ccccc2)c(-n2cccc2)c1CNC(=O)Nc1ccccc1Br. The molecule has 2 N–H and O–H groups in total. The Morgan fingerprint density at radius 1 is 1.00 bits per heavy atom. The second kappa shape index (κ2) is 8.36. The number of carbonyl (C=O) groups is 1. The van der Waals surface area contributed by atoms with Gasteiger partial charge in [-0.15, -0.1) is 0 Å². The van der Waals surface area contributed by atoms with Crippen molar-refractivity contribution in [1.82, 2.24) is 19.7 Å². The van der Waals surface area contributed by atoms with Crippen LogP contribution in [0, 0.1) is 6.92 Å². The lowest BCUT2D eigenvalue weighted by molar-refractivity contribution is 0.251. The van der Waals surface area contributed by atoms with Gasteiger partial charge in [0.25, 0.3) is 0 Å². The van der Waals surface area contributed by atoms with Crippen LogP contribution < -0.4 is 10.6 Å². The van der Waals surface area contributed by atoms with Crippen LogP contribution in [0.4, 0.5) is 10.5 Å². The first kappa shape index (κ1) is 19.0. The fourth-order valence-corrected chi connectivity index (χ4v) is 3.53. The molecule has 29 heavy (non-hydrogen) atoms. The van der Waals surface area contributed by atoms with E-state index < -0.39 is 0 Å². The minimum absolute atomic E-state index is 0.276. The standard InChI is InChI=1S/C22H20BrN5O/c1-16-18(15-24-22(29)25-20-12-6-5-11-19(20)23)21(27-13-7-8-14-27)28(26-16)17-9-3-2-4-10-17/h2-14H,15H2,1H3,(H2,24,25,29). The Labute approximate surface area is 177 Å². The van der Waals surface area contributed by atoms with E-state index in [0.29, 0.717) is 12.2 Å². The molecular weight excluding hydrogens is 430 g/mol. The largest absolute Gasteiger partial charge is 0.334 e. The van der Waals surface area contributed by atoms with Crippen LogP contribution in [-0.4, -0.2) is 20.4 Å². The maximum Gasteiger partial charge on any atom is 0.319 e. The summed E-state index contributed by atoms with van der Waals surface area (Å²) in [5.74, 6) is 0.903. The first-order chi connectivity index (χ1) is 14.1. The summed E-state index contributed by atoms with van der Waals surface area (Å²) < 4.78 is 4.74. The minimum atomic E-state index is -0.276. The number of hydrogen-bond acceptors (Lipinski definition) is 2. The Morgan fingerprint density at radius 3 is 2.41 bits per heavy atom. The third kappa shape index (κ3) is 4.09. The molecule has 0 radical (unpaired) electrons. The predicted octanol–water partition coefficient (Wildman–Crippen LogP) is 5.06. The molecule has 0 unspecified atom stereocenters. The zero-order valence-electron chi connectivity index (χ0n) is 15.8. The molecule has 2 aromatic carbocycles. The maximum atomic E-state index is 12.4. The minimum Gasteiger partial charge on any atom is -0.334 e. The molecule has 4 aromatic rings. The van der Waals surface area contributed by atoms with Gasteiger partial charge in [-0.05, 0) is 59.3 Å². The Balaban J connectivity index is 1.61. The predicted molar refractivity (Wildman–Crippen MR) is 118 cm³/mol. The van der Waals surface area contributed by atoms with Gasteiger partial charge in [-0.3, -0.25) is 0 Å². The molecule has 0 aliphatic carbocycles. The van der Waals surface area contributed by atoms with E-state index in [1.807, 2.05) is 95.3 Å². The van der Waals surface area contributed by atoms with E-state index in [0.717, 1.165) is 27.2 Å². The Morgan fingerprint density at radius 2 is 1.69 bits per heavy atom. The molecular formula is C22H20BrN5O. The normalized spacial score (nSPS) is 10.7.